The summed E-state index contributed by atoms with van der Waals surface area (Å²) >= 11 is 3.17. The number of carbonyl (C=O) groups is 1. The molecule has 1 aliphatic rings. The molecule has 0 fully saturated rings. The molecule has 2 aromatic heterocycles. The van der Waals surface area contributed by atoms with Crippen LogP contribution in [0.1, 0.15) is 10.4 Å². The van der Waals surface area contributed by atoms with Gasteiger partial charge < -0.3 is 10.1 Å². The molecule has 26 heavy (non-hydrogen) atoms. The van der Waals surface area contributed by atoms with Crippen LogP contribution >= 0.6 is 22.7 Å². The molecule has 8 heteroatoms. The van der Waals surface area contributed by atoms with E-state index in [0.29, 0.717) is 11.4 Å². The summed E-state index contributed by atoms with van der Waals surface area (Å²) in [4.78, 5) is 17.8. The predicted molar refractivity (Wildman–Crippen MR) is 105 cm³/mol. The number of carbonyl (C=O) groups excluding carboxylic acids is 1. The van der Waals surface area contributed by atoms with Gasteiger partial charge in [0.2, 0.25) is 4.80 Å². The van der Waals surface area contributed by atoms with Gasteiger partial charge in [-0.05, 0) is 42.1 Å². The molecule has 0 atom stereocenters. The third-order valence-corrected chi connectivity index (χ3v) is 5.84. The number of benzene rings is 1. The van der Waals surface area contributed by atoms with E-state index in [2.05, 4.69) is 28.4 Å². The minimum absolute atomic E-state index is 0.0497. The van der Waals surface area contributed by atoms with Gasteiger partial charge in [0, 0.05) is 18.0 Å². The van der Waals surface area contributed by atoms with Crippen molar-refractivity contribution in [3.05, 3.63) is 50.3 Å². The number of aryl methyl sites for hydroxylation is 1. The van der Waals surface area contributed by atoms with Crippen molar-refractivity contribution in [3.63, 3.8) is 0 Å². The van der Waals surface area contributed by atoms with Crippen LogP contribution in [0.3, 0.4) is 0 Å². The number of fused-ring (bicyclic) bond motifs is 1. The molecule has 0 spiro atoms. The van der Waals surface area contributed by atoms with E-state index in [1.807, 2.05) is 39.8 Å². The van der Waals surface area contributed by atoms with Gasteiger partial charge in [-0.2, -0.15) is 5.10 Å². The van der Waals surface area contributed by atoms with Gasteiger partial charge >= 0.3 is 0 Å². The molecule has 0 unspecified atom stereocenters. The van der Waals surface area contributed by atoms with Crippen LogP contribution in [0.25, 0.3) is 11.3 Å². The lowest BCUT2D eigenvalue weighted by atomic mass is 10.1. The van der Waals surface area contributed by atoms with Crippen molar-refractivity contribution in [3.8, 4) is 17.0 Å². The van der Waals surface area contributed by atoms with Crippen LogP contribution in [0, 0.1) is 6.92 Å². The molecule has 132 valence electrons. The summed E-state index contributed by atoms with van der Waals surface area (Å²) in [6, 6.07) is 7.79. The van der Waals surface area contributed by atoms with Crippen LogP contribution in [0.2, 0.25) is 0 Å². The van der Waals surface area contributed by atoms with Gasteiger partial charge in [0.1, 0.15) is 5.75 Å². The molecule has 1 aliphatic heterocycles. The van der Waals surface area contributed by atoms with E-state index in [1.54, 1.807) is 18.4 Å². The second-order valence-electron chi connectivity index (χ2n) is 5.70. The van der Waals surface area contributed by atoms with Gasteiger partial charge in [-0.1, -0.05) is 0 Å². The van der Waals surface area contributed by atoms with E-state index < -0.39 is 0 Å². The highest BCUT2D eigenvalue weighted by Crippen LogP contribution is 2.32. The van der Waals surface area contributed by atoms with Gasteiger partial charge in [-0.3, -0.25) is 9.79 Å². The fourth-order valence-corrected chi connectivity index (χ4v) is 4.21. The van der Waals surface area contributed by atoms with Crippen molar-refractivity contribution in [2.45, 2.75) is 6.92 Å². The lowest BCUT2D eigenvalue weighted by Gasteiger charge is -2.18. The second kappa shape index (κ2) is 6.89. The first-order chi connectivity index (χ1) is 12.7. The Kier molecular flexibility index (Phi) is 4.44. The average molecular weight is 384 g/mol. The van der Waals surface area contributed by atoms with Crippen LogP contribution in [0.15, 0.2) is 45.1 Å². The molecule has 1 aromatic carbocycles. The Balaban J connectivity index is 1.77. The minimum Gasteiger partial charge on any atom is -0.482 e. The third-order valence-electron chi connectivity index (χ3n) is 3.98. The normalized spacial score (nSPS) is 14.4. The number of thiophene rings is 1. The number of anilines is 1. The molecular weight excluding hydrogens is 368 g/mol. The lowest BCUT2D eigenvalue weighted by molar-refractivity contribution is -0.118. The standard InChI is InChI=1S/C18H16N4O2S2/c1-11-5-6-25-16(11)8-20-22-14(10-26-18(22)19-2)12-3-4-15-13(7-12)21-17(23)9-24-15/h3-8,10H,9H2,1-2H3,(H,21,23)/b19-18?,20-8+. The molecule has 1 amide bonds. The summed E-state index contributed by atoms with van der Waals surface area (Å²) < 4.78 is 7.25. The van der Waals surface area contributed by atoms with Crippen LogP contribution in [0.4, 0.5) is 5.69 Å². The van der Waals surface area contributed by atoms with E-state index in [4.69, 9.17) is 4.74 Å². The topological polar surface area (TPSA) is 68.0 Å². The molecule has 6 nitrogen and oxygen atoms in total. The summed E-state index contributed by atoms with van der Waals surface area (Å²) in [5.41, 5.74) is 3.70. The predicted octanol–water partition coefficient (Wildman–Crippen LogP) is 3.33. The highest BCUT2D eigenvalue weighted by Gasteiger charge is 2.17. The molecule has 3 heterocycles. The van der Waals surface area contributed by atoms with E-state index >= 15 is 0 Å². The van der Waals surface area contributed by atoms with Gasteiger partial charge in [0.05, 0.1) is 22.5 Å². The number of hydrogen-bond acceptors (Lipinski definition) is 6. The highest BCUT2D eigenvalue weighted by atomic mass is 32.1. The van der Waals surface area contributed by atoms with Crippen molar-refractivity contribution in [2.24, 2.45) is 10.1 Å². The van der Waals surface area contributed by atoms with Crippen molar-refractivity contribution >= 4 is 40.5 Å². The molecule has 4 rings (SSSR count). The van der Waals surface area contributed by atoms with Crippen LogP contribution in [0.5, 0.6) is 5.75 Å². The Hall–Kier alpha value is -2.71. The number of aromatic nitrogens is 1. The van der Waals surface area contributed by atoms with E-state index in [1.165, 1.54) is 16.9 Å². The monoisotopic (exact) mass is 384 g/mol. The summed E-state index contributed by atoms with van der Waals surface area (Å²) in [7, 11) is 1.75. The van der Waals surface area contributed by atoms with Crippen LogP contribution in [-0.4, -0.2) is 30.5 Å². The Morgan fingerprint density at radius 3 is 2.96 bits per heavy atom. The zero-order chi connectivity index (χ0) is 18.1. The summed E-state index contributed by atoms with van der Waals surface area (Å²) in [6.45, 7) is 2.11. The molecule has 3 aromatic rings. The van der Waals surface area contributed by atoms with E-state index in [9.17, 15) is 4.79 Å². The summed E-state index contributed by atoms with van der Waals surface area (Å²) in [5.74, 6) is 0.525. The third kappa shape index (κ3) is 3.09. The number of thiazole rings is 1. The van der Waals surface area contributed by atoms with Gasteiger partial charge in [-0.15, -0.1) is 22.7 Å². The minimum atomic E-state index is -0.150. The van der Waals surface area contributed by atoms with Crippen molar-refractivity contribution in [2.75, 3.05) is 19.0 Å². The second-order valence-corrected chi connectivity index (χ2v) is 7.48. The largest absolute Gasteiger partial charge is 0.482 e. The number of nitrogens with zero attached hydrogens (tertiary/aromatic N) is 3. The zero-order valence-electron chi connectivity index (χ0n) is 14.2. The average Bonchev–Trinajstić information content (AvgIpc) is 3.24. The first-order valence-corrected chi connectivity index (χ1v) is 9.70. The number of rotatable bonds is 3. The number of hydrogen-bond donors (Lipinski definition) is 1. The van der Waals surface area contributed by atoms with E-state index in [0.717, 1.165) is 20.9 Å². The molecule has 1 N–H and O–H groups in total. The first kappa shape index (κ1) is 16.7. The Morgan fingerprint density at radius 2 is 2.19 bits per heavy atom. The number of amides is 1. The summed E-state index contributed by atoms with van der Waals surface area (Å²) in [6.07, 6.45) is 1.86. The number of ether oxygens (including phenoxy) is 1. The van der Waals surface area contributed by atoms with Crippen LogP contribution in [-0.2, 0) is 4.79 Å². The maximum Gasteiger partial charge on any atom is 0.262 e. The molecule has 0 saturated heterocycles. The Bertz CT molecular complexity index is 1080. The van der Waals surface area contributed by atoms with E-state index in [-0.39, 0.29) is 12.5 Å². The van der Waals surface area contributed by atoms with Gasteiger partial charge in [0.25, 0.3) is 5.91 Å². The highest BCUT2D eigenvalue weighted by molar-refractivity contribution is 7.11. The quantitative estimate of drug-likeness (QED) is 0.704. The Morgan fingerprint density at radius 1 is 1.31 bits per heavy atom. The zero-order valence-corrected chi connectivity index (χ0v) is 15.9. The maximum absolute atomic E-state index is 11.6. The molecule has 0 saturated carbocycles. The molecule has 0 radical (unpaired) electrons. The van der Waals surface area contributed by atoms with Gasteiger partial charge in [0.15, 0.2) is 6.61 Å². The van der Waals surface area contributed by atoms with Crippen LogP contribution < -0.4 is 14.9 Å². The lowest BCUT2D eigenvalue weighted by Crippen LogP contribution is -2.25. The molecule has 0 bridgehead atoms. The molecular formula is C18H16N4O2S2. The fourth-order valence-electron chi connectivity index (χ4n) is 2.63. The maximum atomic E-state index is 11.6. The van der Waals surface area contributed by atoms with Crippen molar-refractivity contribution < 1.29 is 9.53 Å². The fraction of sp³-hybridized carbons (Fsp3) is 0.167. The van der Waals surface area contributed by atoms with Crippen molar-refractivity contribution in [1.82, 2.24) is 4.68 Å². The SMILES string of the molecule is CN=c1scc(-c2ccc3c(c2)NC(=O)CO3)n1/N=C/c1sccc1C. The van der Waals surface area contributed by atoms with Gasteiger partial charge in [-0.25, -0.2) is 4.68 Å². The first-order valence-electron chi connectivity index (χ1n) is 7.94. The van der Waals surface area contributed by atoms with Crippen molar-refractivity contribution in [1.29, 1.82) is 0 Å². The smallest absolute Gasteiger partial charge is 0.262 e. The Labute approximate surface area is 158 Å². The number of nitrogens with one attached hydrogen (secondary N) is 1. The molecule has 0 aliphatic carbocycles. The summed E-state index contributed by atoms with van der Waals surface area (Å²) in [5, 5.41) is 11.5.